The van der Waals surface area contributed by atoms with Crippen LogP contribution in [-0.2, 0) is 16.8 Å². The molecule has 0 fully saturated rings. The molecule has 1 aromatic carbocycles. The van der Waals surface area contributed by atoms with Crippen molar-refractivity contribution >= 4 is 8.32 Å². The molecule has 1 aromatic rings. The molecule has 0 bridgehead atoms. The van der Waals surface area contributed by atoms with E-state index >= 15 is 0 Å². The van der Waals surface area contributed by atoms with Gasteiger partial charge in [-0.25, -0.2) is 0 Å². The number of rotatable bonds is 4. The van der Waals surface area contributed by atoms with Gasteiger partial charge in [-0.15, -0.1) is 0 Å². The van der Waals surface area contributed by atoms with Crippen LogP contribution in [0, 0.1) is 0 Å². The zero-order chi connectivity index (χ0) is 18.6. The number of fused-ring (bicyclic) bond motifs is 1. The molecule has 1 N–H and O–H groups in total. The normalized spacial score (nSPS) is 19.5. The molecule has 0 heterocycles. The Kier molecular flexibility index (Phi) is 4.79. The summed E-state index contributed by atoms with van der Waals surface area (Å²) in [7, 11) is -1.98. The standard InChI is InChI=1S/C19H30F2O2Si/c1-17(2,3)24(6,7)23-16-12-11-13-14(16)9-8-10-15(13)19(20,21)18(4,5)22/h8-10,16,22H,11-12H2,1-7H3/t16-/m0/s1. The molecule has 0 unspecified atom stereocenters. The molecule has 136 valence electrons. The summed E-state index contributed by atoms with van der Waals surface area (Å²) >= 11 is 0. The van der Waals surface area contributed by atoms with Gasteiger partial charge in [0.05, 0.1) is 6.10 Å². The van der Waals surface area contributed by atoms with E-state index in [1.165, 1.54) is 6.07 Å². The van der Waals surface area contributed by atoms with Crippen LogP contribution >= 0.6 is 0 Å². The largest absolute Gasteiger partial charge is 0.410 e. The van der Waals surface area contributed by atoms with Crippen molar-refractivity contribution in [1.29, 1.82) is 0 Å². The summed E-state index contributed by atoms with van der Waals surface area (Å²) in [6, 6.07) is 4.98. The van der Waals surface area contributed by atoms with Gasteiger partial charge in [0.2, 0.25) is 0 Å². The lowest BCUT2D eigenvalue weighted by Crippen LogP contribution is -2.41. The van der Waals surface area contributed by atoms with Crippen LogP contribution in [0.2, 0.25) is 18.1 Å². The minimum absolute atomic E-state index is 0.0613. The predicted molar refractivity (Wildman–Crippen MR) is 96.0 cm³/mol. The summed E-state index contributed by atoms with van der Waals surface area (Å²) in [4.78, 5) is 0. The highest BCUT2D eigenvalue weighted by Gasteiger charge is 2.49. The quantitative estimate of drug-likeness (QED) is 0.716. The maximum atomic E-state index is 14.7. The fourth-order valence-electron chi connectivity index (χ4n) is 2.89. The van der Waals surface area contributed by atoms with Gasteiger partial charge in [0.25, 0.3) is 0 Å². The lowest BCUT2D eigenvalue weighted by Gasteiger charge is -2.38. The summed E-state index contributed by atoms with van der Waals surface area (Å²) in [5, 5.41) is 9.99. The second-order valence-corrected chi connectivity index (χ2v) is 13.7. The van der Waals surface area contributed by atoms with E-state index in [-0.39, 0.29) is 16.7 Å². The van der Waals surface area contributed by atoms with Gasteiger partial charge in [-0.1, -0.05) is 39.0 Å². The number of benzene rings is 1. The Morgan fingerprint density at radius 2 is 1.71 bits per heavy atom. The number of hydrogen-bond donors (Lipinski definition) is 1. The van der Waals surface area contributed by atoms with E-state index in [1.54, 1.807) is 6.07 Å². The molecule has 0 aliphatic heterocycles. The summed E-state index contributed by atoms with van der Waals surface area (Å²) < 4.78 is 35.9. The van der Waals surface area contributed by atoms with E-state index in [9.17, 15) is 13.9 Å². The second kappa shape index (κ2) is 5.89. The molecule has 1 aliphatic carbocycles. The van der Waals surface area contributed by atoms with Crippen LogP contribution in [0.3, 0.4) is 0 Å². The lowest BCUT2D eigenvalue weighted by molar-refractivity contribution is -0.169. The third-order valence-corrected chi connectivity index (χ3v) is 10.1. The number of hydrogen-bond acceptors (Lipinski definition) is 2. The summed E-state index contributed by atoms with van der Waals surface area (Å²) in [6.45, 7) is 13.2. The fraction of sp³-hybridized carbons (Fsp3) is 0.684. The van der Waals surface area contributed by atoms with Crippen molar-refractivity contribution in [2.45, 2.75) is 83.2 Å². The van der Waals surface area contributed by atoms with Gasteiger partial charge in [0.1, 0.15) is 5.60 Å². The molecule has 1 aliphatic rings. The smallest absolute Gasteiger partial charge is 0.300 e. The number of aliphatic hydroxyl groups is 1. The van der Waals surface area contributed by atoms with Gasteiger partial charge in [0, 0.05) is 5.56 Å². The van der Waals surface area contributed by atoms with Crippen molar-refractivity contribution in [3.05, 3.63) is 34.9 Å². The van der Waals surface area contributed by atoms with Crippen LogP contribution in [0.5, 0.6) is 0 Å². The minimum Gasteiger partial charge on any atom is -0.410 e. The highest BCUT2D eigenvalue weighted by atomic mass is 28.4. The van der Waals surface area contributed by atoms with Gasteiger partial charge in [-0.3, -0.25) is 0 Å². The molecule has 0 saturated carbocycles. The van der Waals surface area contributed by atoms with Gasteiger partial charge >= 0.3 is 5.92 Å². The first-order valence-corrected chi connectivity index (χ1v) is 11.5. The summed E-state index contributed by atoms with van der Waals surface area (Å²) in [5.41, 5.74) is -0.649. The van der Waals surface area contributed by atoms with Crippen molar-refractivity contribution in [1.82, 2.24) is 0 Å². The van der Waals surface area contributed by atoms with Crippen LogP contribution in [0.1, 0.15) is 63.8 Å². The fourth-order valence-corrected chi connectivity index (χ4v) is 4.20. The molecule has 24 heavy (non-hydrogen) atoms. The molecule has 2 rings (SSSR count). The predicted octanol–water partition coefficient (Wildman–Crippen LogP) is 5.56. The number of alkyl halides is 2. The van der Waals surface area contributed by atoms with Crippen LogP contribution < -0.4 is 0 Å². The molecule has 2 nitrogen and oxygen atoms in total. The molecule has 0 radical (unpaired) electrons. The average molecular weight is 357 g/mol. The van der Waals surface area contributed by atoms with Gasteiger partial charge in [-0.2, -0.15) is 8.78 Å². The van der Waals surface area contributed by atoms with Crippen molar-refractivity contribution in [2.24, 2.45) is 0 Å². The topological polar surface area (TPSA) is 29.5 Å². The van der Waals surface area contributed by atoms with Crippen molar-refractivity contribution in [3.8, 4) is 0 Å². The Balaban J connectivity index is 2.40. The third-order valence-electron chi connectivity index (χ3n) is 5.57. The van der Waals surface area contributed by atoms with Crippen LogP contribution in [0.25, 0.3) is 0 Å². The van der Waals surface area contributed by atoms with Gasteiger partial charge in [-0.05, 0) is 55.9 Å². The molecule has 1 atom stereocenters. The highest BCUT2D eigenvalue weighted by molar-refractivity contribution is 6.74. The molecule has 0 aromatic heterocycles. The SMILES string of the molecule is CC(C)(O)C(F)(F)c1cccc2c1CC[C@@H]2O[Si](C)(C)C(C)(C)C. The third kappa shape index (κ3) is 3.31. The molecule has 0 saturated heterocycles. The molecule has 5 heteroatoms. The summed E-state index contributed by atoms with van der Waals surface area (Å²) in [5.74, 6) is -3.29. The van der Waals surface area contributed by atoms with Crippen LogP contribution in [0.4, 0.5) is 8.78 Å². The Morgan fingerprint density at radius 3 is 2.21 bits per heavy atom. The van der Waals surface area contributed by atoms with Crippen molar-refractivity contribution in [3.63, 3.8) is 0 Å². The van der Waals surface area contributed by atoms with Gasteiger partial charge in [0.15, 0.2) is 8.32 Å². The van der Waals surface area contributed by atoms with E-state index in [4.69, 9.17) is 4.43 Å². The maximum absolute atomic E-state index is 14.7. The zero-order valence-corrected chi connectivity index (χ0v) is 16.8. The first-order valence-electron chi connectivity index (χ1n) is 8.59. The van der Waals surface area contributed by atoms with E-state index < -0.39 is 19.8 Å². The Morgan fingerprint density at radius 1 is 1.12 bits per heavy atom. The van der Waals surface area contributed by atoms with Crippen molar-refractivity contribution in [2.75, 3.05) is 0 Å². The Hall–Kier alpha value is -0.783. The first kappa shape index (κ1) is 19.5. The Bertz CT molecular complexity index is 613. The first-order chi connectivity index (χ1) is 10.7. The molecule has 0 amide bonds. The molecular formula is C19H30F2O2Si. The zero-order valence-electron chi connectivity index (χ0n) is 15.8. The maximum Gasteiger partial charge on any atom is 0.300 e. The van der Waals surface area contributed by atoms with E-state index in [1.807, 2.05) is 6.07 Å². The van der Waals surface area contributed by atoms with Crippen LogP contribution in [0.15, 0.2) is 18.2 Å². The van der Waals surface area contributed by atoms with Crippen molar-refractivity contribution < 1.29 is 18.3 Å². The highest BCUT2D eigenvalue weighted by Crippen LogP contribution is 2.48. The lowest BCUT2D eigenvalue weighted by atomic mass is 9.89. The van der Waals surface area contributed by atoms with E-state index in [0.29, 0.717) is 12.0 Å². The molecule has 0 spiro atoms. The number of halogens is 2. The van der Waals surface area contributed by atoms with E-state index in [2.05, 4.69) is 33.9 Å². The minimum atomic E-state index is -3.29. The van der Waals surface area contributed by atoms with Crippen LogP contribution in [-0.4, -0.2) is 19.0 Å². The molecular weight excluding hydrogens is 326 g/mol. The summed E-state index contributed by atoms with van der Waals surface area (Å²) in [6.07, 6.45) is 1.16. The second-order valence-electron chi connectivity index (χ2n) is 8.91. The van der Waals surface area contributed by atoms with E-state index in [0.717, 1.165) is 25.8 Å². The average Bonchev–Trinajstić information content (AvgIpc) is 2.78. The Labute approximate surface area is 145 Å². The monoisotopic (exact) mass is 356 g/mol. The van der Waals surface area contributed by atoms with Gasteiger partial charge < -0.3 is 9.53 Å².